The van der Waals surface area contributed by atoms with Crippen LogP contribution in [0, 0.1) is 11.6 Å². The molecule has 2 rings (SSSR count). The topological polar surface area (TPSA) is 66.8 Å². The predicted molar refractivity (Wildman–Crippen MR) is 73.3 cm³/mol. The quantitative estimate of drug-likeness (QED) is 0.896. The highest BCUT2D eigenvalue weighted by molar-refractivity contribution is 5.78. The van der Waals surface area contributed by atoms with Crippen molar-refractivity contribution >= 4 is 11.9 Å². The molecule has 0 bridgehead atoms. The number of benzene rings is 1. The number of carboxylic acid groups (broad SMARTS) is 1. The highest BCUT2D eigenvalue weighted by atomic mass is 19.2. The lowest BCUT2D eigenvalue weighted by Gasteiger charge is -2.35. The van der Waals surface area contributed by atoms with E-state index in [4.69, 9.17) is 9.84 Å². The average molecular weight is 313 g/mol. The zero-order valence-corrected chi connectivity index (χ0v) is 11.9. The second kappa shape index (κ2) is 7.31. The Morgan fingerprint density at radius 3 is 2.77 bits per heavy atom. The van der Waals surface area contributed by atoms with Crippen LogP contribution in [0.15, 0.2) is 18.2 Å². The maximum Gasteiger partial charge on any atom is 0.305 e. The first-order chi connectivity index (χ1) is 10.5. The normalized spacial score (nSPS) is 18.3. The molecule has 120 valence electrons. The Kier molecular flexibility index (Phi) is 5.43. The van der Waals surface area contributed by atoms with Crippen molar-refractivity contribution in [2.24, 2.45) is 0 Å². The number of nitrogens with zero attached hydrogens (tertiary/aromatic N) is 1. The zero-order chi connectivity index (χ0) is 16.1. The van der Waals surface area contributed by atoms with E-state index in [1.165, 1.54) is 11.0 Å². The molecule has 0 spiro atoms. The summed E-state index contributed by atoms with van der Waals surface area (Å²) in [5.41, 5.74) is 0.523. The number of aryl methyl sites for hydroxylation is 1. The lowest BCUT2D eigenvalue weighted by Crippen LogP contribution is -2.49. The molecule has 1 saturated heterocycles. The molecule has 1 fully saturated rings. The van der Waals surface area contributed by atoms with Gasteiger partial charge < -0.3 is 14.7 Å². The number of carbonyl (C=O) groups excluding carboxylic acids is 1. The van der Waals surface area contributed by atoms with Crippen molar-refractivity contribution in [3.8, 4) is 0 Å². The van der Waals surface area contributed by atoms with E-state index >= 15 is 0 Å². The molecule has 1 aliphatic heterocycles. The van der Waals surface area contributed by atoms with Crippen LogP contribution in [0.5, 0.6) is 0 Å². The molecule has 0 aromatic heterocycles. The number of halogens is 2. The summed E-state index contributed by atoms with van der Waals surface area (Å²) in [6.07, 6.45) is 0.214. The van der Waals surface area contributed by atoms with Gasteiger partial charge in [0, 0.05) is 13.0 Å². The van der Waals surface area contributed by atoms with Crippen LogP contribution >= 0.6 is 0 Å². The van der Waals surface area contributed by atoms with Gasteiger partial charge in [0.1, 0.15) is 0 Å². The number of ether oxygens (including phenoxy) is 1. The van der Waals surface area contributed by atoms with Crippen molar-refractivity contribution in [1.29, 1.82) is 0 Å². The molecule has 22 heavy (non-hydrogen) atoms. The van der Waals surface area contributed by atoms with Crippen molar-refractivity contribution < 1.29 is 28.2 Å². The first kappa shape index (κ1) is 16.4. The van der Waals surface area contributed by atoms with E-state index in [2.05, 4.69) is 0 Å². The third-order valence-electron chi connectivity index (χ3n) is 3.57. The Bertz CT molecular complexity index is 564. The maximum absolute atomic E-state index is 13.1. The Morgan fingerprint density at radius 2 is 2.09 bits per heavy atom. The van der Waals surface area contributed by atoms with E-state index in [1.807, 2.05) is 0 Å². The molecule has 1 aromatic carbocycles. The summed E-state index contributed by atoms with van der Waals surface area (Å²) in [6, 6.07) is 3.04. The van der Waals surface area contributed by atoms with Crippen LogP contribution in [0.4, 0.5) is 8.78 Å². The largest absolute Gasteiger partial charge is 0.481 e. The number of aliphatic carboxylic acids is 1. The van der Waals surface area contributed by atoms with Crippen LogP contribution in [0.3, 0.4) is 0 Å². The van der Waals surface area contributed by atoms with Crippen LogP contribution in [-0.4, -0.2) is 47.7 Å². The van der Waals surface area contributed by atoms with E-state index in [1.54, 1.807) is 0 Å². The molecule has 0 aliphatic carbocycles. The summed E-state index contributed by atoms with van der Waals surface area (Å²) >= 11 is 0. The first-order valence-corrected chi connectivity index (χ1v) is 7.00. The Balaban J connectivity index is 1.94. The minimum atomic E-state index is -0.992. The summed E-state index contributed by atoms with van der Waals surface area (Å²) in [6.45, 7) is 0.908. The third-order valence-corrected chi connectivity index (χ3v) is 3.57. The smallest absolute Gasteiger partial charge is 0.305 e. The number of carbonyl (C=O) groups is 2. The molecule has 1 amide bonds. The average Bonchev–Trinajstić information content (AvgIpc) is 2.48. The van der Waals surface area contributed by atoms with Crippen LogP contribution < -0.4 is 0 Å². The molecule has 0 saturated carbocycles. The molecule has 0 unspecified atom stereocenters. The van der Waals surface area contributed by atoms with Gasteiger partial charge in [-0.25, -0.2) is 8.78 Å². The second-order valence-electron chi connectivity index (χ2n) is 5.16. The molecule has 5 nitrogen and oxygen atoms in total. The van der Waals surface area contributed by atoms with Crippen LogP contribution in [0.25, 0.3) is 0 Å². The van der Waals surface area contributed by atoms with Crippen LogP contribution in [-0.2, 0) is 20.7 Å². The Labute approximate surface area is 126 Å². The van der Waals surface area contributed by atoms with Gasteiger partial charge >= 0.3 is 5.97 Å². The van der Waals surface area contributed by atoms with Gasteiger partial charge in [0.25, 0.3) is 0 Å². The third kappa shape index (κ3) is 4.24. The van der Waals surface area contributed by atoms with Gasteiger partial charge in [0.2, 0.25) is 5.91 Å². The highest BCUT2D eigenvalue weighted by Crippen LogP contribution is 2.15. The molecule has 0 radical (unpaired) electrons. The van der Waals surface area contributed by atoms with Gasteiger partial charge in [0.05, 0.1) is 25.7 Å². The molecule has 1 aromatic rings. The van der Waals surface area contributed by atoms with Gasteiger partial charge in [-0.15, -0.1) is 0 Å². The SMILES string of the molecule is O=C(O)C[C@H]1COCCN1C(=O)CCc1ccc(F)c(F)c1. The monoisotopic (exact) mass is 313 g/mol. The Hall–Kier alpha value is -2.02. The van der Waals surface area contributed by atoms with E-state index in [0.717, 1.165) is 12.1 Å². The van der Waals surface area contributed by atoms with Gasteiger partial charge in [-0.05, 0) is 24.1 Å². The lowest BCUT2D eigenvalue weighted by molar-refractivity contribution is -0.146. The van der Waals surface area contributed by atoms with Crippen molar-refractivity contribution in [3.05, 3.63) is 35.4 Å². The minimum Gasteiger partial charge on any atom is -0.481 e. The first-order valence-electron chi connectivity index (χ1n) is 7.00. The van der Waals surface area contributed by atoms with Crippen molar-refractivity contribution in [3.63, 3.8) is 0 Å². The fourth-order valence-electron chi connectivity index (χ4n) is 2.44. The van der Waals surface area contributed by atoms with Crippen molar-refractivity contribution in [1.82, 2.24) is 4.90 Å². The summed E-state index contributed by atoms with van der Waals surface area (Å²) < 4.78 is 31.2. The molecular weight excluding hydrogens is 296 g/mol. The summed E-state index contributed by atoms with van der Waals surface area (Å²) in [7, 11) is 0. The number of rotatable bonds is 5. The van der Waals surface area contributed by atoms with E-state index in [-0.39, 0.29) is 31.8 Å². The molecule has 7 heteroatoms. The summed E-state index contributed by atoms with van der Waals surface area (Å²) in [4.78, 5) is 24.5. The van der Waals surface area contributed by atoms with Gasteiger partial charge in [0.15, 0.2) is 11.6 Å². The molecule has 1 atom stereocenters. The van der Waals surface area contributed by atoms with E-state index in [9.17, 15) is 18.4 Å². The standard InChI is InChI=1S/C15H17F2NO4/c16-12-3-1-10(7-13(12)17)2-4-14(19)18-5-6-22-9-11(18)8-15(20)21/h1,3,7,11H,2,4-6,8-9H2,(H,20,21)/t11-/m0/s1. The fourth-order valence-corrected chi connectivity index (χ4v) is 2.44. The zero-order valence-electron chi connectivity index (χ0n) is 11.9. The number of hydrogen-bond donors (Lipinski definition) is 1. The fraction of sp³-hybridized carbons (Fsp3) is 0.467. The molecule has 1 heterocycles. The van der Waals surface area contributed by atoms with Gasteiger partial charge in [-0.1, -0.05) is 6.07 Å². The second-order valence-corrected chi connectivity index (χ2v) is 5.16. The minimum absolute atomic E-state index is 0.112. The maximum atomic E-state index is 13.1. The van der Waals surface area contributed by atoms with E-state index in [0.29, 0.717) is 18.7 Å². The van der Waals surface area contributed by atoms with Crippen LogP contribution in [0.2, 0.25) is 0 Å². The number of amides is 1. The number of carboxylic acids is 1. The van der Waals surface area contributed by atoms with Gasteiger partial charge in [-0.2, -0.15) is 0 Å². The predicted octanol–water partition coefficient (Wildman–Crippen LogP) is 1.60. The number of hydrogen-bond acceptors (Lipinski definition) is 3. The van der Waals surface area contributed by atoms with Crippen LogP contribution in [0.1, 0.15) is 18.4 Å². The summed E-state index contributed by atoms with van der Waals surface area (Å²) in [5, 5.41) is 8.86. The molecular formula is C15H17F2NO4. The molecule has 1 N–H and O–H groups in total. The summed E-state index contributed by atoms with van der Waals surface area (Å²) in [5.74, 6) is -3.07. The Morgan fingerprint density at radius 1 is 1.32 bits per heavy atom. The van der Waals surface area contributed by atoms with Crippen molar-refractivity contribution in [2.75, 3.05) is 19.8 Å². The highest BCUT2D eigenvalue weighted by Gasteiger charge is 2.28. The molecule has 1 aliphatic rings. The number of morpholine rings is 1. The van der Waals surface area contributed by atoms with E-state index < -0.39 is 23.6 Å². The lowest BCUT2D eigenvalue weighted by atomic mass is 10.1. The van der Waals surface area contributed by atoms with Gasteiger partial charge in [-0.3, -0.25) is 9.59 Å². The van der Waals surface area contributed by atoms with Crippen molar-refractivity contribution in [2.45, 2.75) is 25.3 Å².